The van der Waals surface area contributed by atoms with Gasteiger partial charge in [0.1, 0.15) is 0 Å². The van der Waals surface area contributed by atoms with E-state index in [2.05, 4.69) is 4.98 Å². The zero-order chi connectivity index (χ0) is 7.98. The van der Waals surface area contributed by atoms with Crippen LogP contribution in [-0.2, 0) is 0 Å². The van der Waals surface area contributed by atoms with E-state index in [1.165, 1.54) is 12.3 Å². The van der Waals surface area contributed by atoms with E-state index < -0.39 is 5.95 Å². The van der Waals surface area contributed by atoms with Crippen molar-refractivity contribution in [3.05, 3.63) is 29.8 Å². The number of rotatable bonds is 0. The molecule has 1 aromatic heterocycles. The Hall–Kier alpha value is -0.920. The molecule has 56 valence electrons. The van der Waals surface area contributed by atoms with Crippen LogP contribution in [0.25, 0.3) is 0 Å². The van der Waals surface area contributed by atoms with Crippen LogP contribution >= 0.6 is 0 Å². The number of pyridine rings is 1. The van der Waals surface area contributed by atoms with Gasteiger partial charge in [-0.05, 0) is 24.6 Å². The Kier molecular flexibility index (Phi) is 4.46. The first-order chi connectivity index (χ1) is 4.79. The van der Waals surface area contributed by atoms with E-state index in [-0.39, 0.29) is 0 Å². The van der Waals surface area contributed by atoms with Gasteiger partial charge in [0.25, 0.3) is 0 Å². The van der Waals surface area contributed by atoms with Crippen LogP contribution in [0.2, 0.25) is 0 Å². The minimum atomic E-state index is -0.412. The second kappa shape index (κ2) is 4.91. The molecule has 0 aromatic carbocycles. The van der Waals surface area contributed by atoms with Gasteiger partial charge in [0.05, 0.1) is 0 Å². The topological polar surface area (TPSA) is 12.9 Å². The lowest BCUT2D eigenvalue weighted by molar-refractivity contribution is 0.582. The Bertz CT molecular complexity index is 169. The zero-order valence-corrected chi connectivity index (χ0v) is 6.56. The maximum absolute atomic E-state index is 12.1. The predicted octanol–water partition coefficient (Wildman–Crippen LogP) is 2.56. The maximum Gasteiger partial charge on any atom is 0.213 e. The summed E-state index contributed by atoms with van der Waals surface area (Å²) in [6.07, 6.45) is 1.45. The normalized spacial score (nSPS) is 8.00. The second-order valence-electron chi connectivity index (χ2n) is 1.66. The van der Waals surface area contributed by atoms with Gasteiger partial charge in [-0.1, -0.05) is 13.8 Å². The van der Waals surface area contributed by atoms with Gasteiger partial charge < -0.3 is 0 Å². The average molecular weight is 141 g/mol. The Morgan fingerprint density at radius 2 is 2.00 bits per heavy atom. The third kappa shape index (κ3) is 3.17. The largest absolute Gasteiger partial charge is 0.228 e. The second-order valence-corrected chi connectivity index (χ2v) is 1.66. The summed E-state index contributed by atoms with van der Waals surface area (Å²) in [7, 11) is 0. The smallest absolute Gasteiger partial charge is 0.213 e. The predicted molar refractivity (Wildman–Crippen MR) is 40.3 cm³/mol. The fourth-order valence-corrected chi connectivity index (χ4v) is 0.499. The van der Waals surface area contributed by atoms with Gasteiger partial charge in [-0.15, -0.1) is 0 Å². The molecule has 10 heavy (non-hydrogen) atoms. The Labute approximate surface area is 60.9 Å². The molecule has 0 unspecified atom stereocenters. The van der Waals surface area contributed by atoms with Crippen LogP contribution in [0.15, 0.2) is 18.3 Å². The Morgan fingerprint density at radius 1 is 1.40 bits per heavy atom. The van der Waals surface area contributed by atoms with Gasteiger partial charge >= 0.3 is 0 Å². The molecule has 0 radical (unpaired) electrons. The highest BCUT2D eigenvalue weighted by atomic mass is 19.1. The van der Waals surface area contributed by atoms with Crippen molar-refractivity contribution in [1.29, 1.82) is 0 Å². The van der Waals surface area contributed by atoms with E-state index in [0.717, 1.165) is 5.56 Å². The molecular formula is C8H12FN. The number of nitrogens with zero attached hydrogens (tertiary/aromatic N) is 1. The number of aryl methyl sites for hydroxylation is 1. The van der Waals surface area contributed by atoms with Crippen molar-refractivity contribution in [2.45, 2.75) is 20.8 Å². The lowest BCUT2D eigenvalue weighted by Gasteiger charge is -1.86. The summed E-state index contributed by atoms with van der Waals surface area (Å²) >= 11 is 0. The highest BCUT2D eigenvalue weighted by Crippen LogP contribution is 1.95. The first kappa shape index (κ1) is 9.08. The van der Waals surface area contributed by atoms with Gasteiger partial charge in [-0.2, -0.15) is 4.39 Å². The summed E-state index contributed by atoms with van der Waals surface area (Å²) in [5, 5.41) is 0. The Morgan fingerprint density at radius 3 is 2.30 bits per heavy atom. The van der Waals surface area contributed by atoms with E-state index in [9.17, 15) is 4.39 Å². The van der Waals surface area contributed by atoms with E-state index in [1.807, 2.05) is 20.8 Å². The van der Waals surface area contributed by atoms with E-state index >= 15 is 0 Å². The minimum absolute atomic E-state index is 0.412. The summed E-state index contributed by atoms with van der Waals surface area (Å²) in [6, 6.07) is 3.14. The number of halogens is 1. The summed E-state index contributed by atoms with van der Waals surface area (Å²) in [6.45, 7) is 5.82. The molecule has 0 aliphatic rings. The standard InChI is InChI=1S/C6H6FN.C2H6/c1-5-2-3-8-6(7)4-5;1-2/h2-4H,1H3;1-2H3. The highest BCUT2D eigenvalue weighted by Gasteiger charge is 1.86. The molecule has 1 aromatic rings. The monoisotopic (exact) mass is 141 g/mol. The molecule has 0 aliphatic heterocycles. The number of aromatic nitrogens is 1. The number of hydrogen-bond acceptors (Lipinski definition) is 1. The molecule has 0 atom stereocenters. The van der Waals surface area contributed by atoms with E-state index in [0.29, 0.717) is 0 Å². The van der Waals surface area contributed by atoms with Crippen LogP contribution in [-0.4, -0.2) is 4.98 Å². The van der Waals surface area contributed by atoms with Crippen LogP contribution in [0, 0.1) is 12.9 Å². The zero-order valence-electron chi connectivity index (χ0n) is 6.56. The fourth-order valence-electron chi connectivity index (χ4n) is 0.499. The lowest BCUT2D eigenvalue weighted by Crippen LogP contribution is -1.79. The molecular weight excluding hydrogens is 129 g/mol. The molecule has 0 N–H and O–H groups in total. The average Bonchev–Trinajstić information content (AvgIpc) is 1.91. The fraction of sp³-hybridized carbons (Fsp3) is 0.375. The van der Waals surface area contributed by atoms with Gasteiger partial charge in [-0.25, -0.2) is 4.98 Å². The summed E-state index contributed by atoms with van der Waals surface area (Å²) in [4.78, 5) is 3.37. The van der Waals surface area contributed by atoms with Crippen molar-refractivity contribution in [3.8, 4) is 0 Å². The molecule has 1 heterocycles. The van der Waals surface area contributed by atoms with Gasteiger partial charge in [-0.3, -0.25) is 0 Å². The van der Waals surface area contributed by atoms with Crippen LogP contribution in [0.3, 0.4) is 0 Å². The Balaban J connectivity index is 0.000000371. The molecule has 0 bridgehead atoms. The molecule has 0 saturated heterocycles. The van der Waals surface area contributed by atoms with Crippen LogP contribution in [0.4, 0.5) is 4.39 Å². The lowest BCUT2D eigenvalue weighted by atomic mass is 10.3. The molecule has 0 amide bonds. The van der Waals surface area contributed by atoms with E-state index in [1.54, 1.807) is 6.07 Å². The number of hydrogen-bond donors (Lipinski definition) is 0. The van der Waals surface area contributed by atoms with Crippen LogP contribution in [0.1, 0.15) is 19.4 Å². The first-order valence-corrected chi connectivity index (χ1v) is 3.37. The van der Waals surface area contributed by atoms with Gasteiger partial charge in [0, 0.05) is 6.20 Å². The summed E-state index contributed by atoms with van der Waals surface area (Å²) in [5.74, 6) is -0.412. The molecule has 1 rings (SSSR count). The summed E-state index contributed by atoms with van der Waals surface area (Å²) in [5.41, 5.74) is 0.900. The van der Waals surface area contributed by atoms with Crippen molar-refractivity contribution in [2.24, 2.45) is 0 Å². The van der Waals surface area contributed by atoms with Gasteiger partial charge in [0.15, 0.2) is 0 Å². The quantitative estimate of drug-likeness (QED) is 0.506. The molecule has 0 aliphatic carbocycles. The molecule has 0 spiro atoms. The highest BCUT2D eigenvalue weighted by molar-refractivity contribution is 5.07. The molecule has 0 fully saturated rings. The van der Waals surface area contributed by atoms with Gasteiger partial charge in [0.2, 0.25) is 5.95 Å². The van der Waals surface area contributed by atoms with E-state index in [4.69, 9.17) is 0 Å². The third-order valence-electron chi connectivity index (χ3n) is 0.882. The van der Waals surface area contributed by atoms with Crippen molar-refractivity contribution in [3.63, 3.8) is 0 Å². The first-order valence-electron chi connectivity index (χ1n) is 3.37. The minimum Gasteiger partial charge on any atom is -0.228 e. The van der Waals surface area contributed by atoms with Crippen molar-refractivity contribution < 1.29 is 4.39 Å². The maximum atomic E-state index is 12.1. The molecule has 1 nitrogen and oxygen atoms in total. The summed E-state index contributed by atoms with van der Waals surface area (Å²) < 4.78 is 12.1. The SMILES string of the molecule is CC.Cc1ccnc(F)c1. The molecule has 2 heteroatoms. The molecule has 0 saturated carbocycles. The third-order valence-corrected chi connectivity index (χ3v) is 0.882. The van der Waals surface area contributed by atoms with Crippen molar-refractivity contribution >= 4 is 0 Å². The van der Waals surface area contributed by atoms with Crippen LogP contribution in [0.5, 0.6) is 0 Å². The van der Waals surface area contributed by atoms with Crippen LogP contribution < -0.4 is 0 Å². The van der Waals surface area contributed by atoms with Crippen molar-refractivity contribution in [2.75, 3.05) is 0 Å². The van der Waals surface area contributed by atoms with Crippen molar-refractivity contribution in [1.82, 2.24) is 4.98 Å².